The van der Waals surface area contributed by atoms with Crippen LogP contribution in [-0.2, 0) is 0 Å². The highest BCUT2D eigenvalue weighted by Gasteiger charge is 2.44. The van der Waals surface area contributed by atoms with Crippen LogP contribution >= 0.6 is 0 Å². The first-order valence-electron chi connectivity index (χ1n) is 10.1. The number of alkyl halides is 2. The molecule has 6 nitrogen and oxygen atoms in total. The molecular formula is C21H19F4N5O. The summed E-state index contributed by atoms with van der Waals surface area (Å²) in [5.74, 6) is -6.57. The van der Waals surface area contributed by atoms with E-state index in [0.29, 0.717) is 24.2 Å². The molecule has 2 aromatic heterocycles. The fourth-order valence-corrected chi connectivity index (χ4v) is 4.31. The number of fused-ring (bicyclic) bond motifs is 1. The van der Waals surface area contributed by atoms with Crippen LogP contribution in [-0.4, -0.2) is 49.4 Å². The quantitative estimate of drug-likeness (QED) is 0.589. The maximum Gasteiger partial charge on any atom is 0.266 e. The van der Waals surface area contributed by atoms with Crippen LogP contribution in [0.15, 0.2) is 24.5 Å². The van der Waals surface area contributed by atoms with Crippen molar-refractivity contribution in [2.75, 3.05) is 13.1 Å². The zero-order valence-electron chi connectivity index (χ0n) is 16.7. The van der Waals surface area contributed by atoms with Crippen molar-refractivity contribution in [3.8, 4) is 0 Å². The second-order valence-corrected chi connectivity index (χ2v) is 8.37. The second-order valence-electron chi connectivity index (χ2n) is 8.37. The van der Waals surface area contributed by atoms with Gasteiger partial charge < -0.3 is 4.90 Å². The van der Waals surface area contributed by atoms with E-state index >= 15 is 0 Å². The van der Waals surface area contributed by atoms with Gasteiger partial charge >= 0.3 is 0 Å². The van der Waals surface area contributed by atoms with Crippen molar-refractivity contribution in [3.63, 3.8) is 0 Å². The number of aromatic nitrogens is 4. The van der Waals surface area contributed by atoms with Crippen LogP contribution in [0.4, 0.5) is 17.6 Å². The van der Waals surface area contributed by atoms with E-state index in [0.717, 1.165) is 11.0 Å². The molecule has 2 aliphatic rings. The lowest BCUT2D eigenvalue weighted by Crippen LogP contribution is -2.49. The van der Waals surface area contributed by atoms with Gasteiger partial charge in [0.1, 0.15) is 6.33 Å². The number of amides is 1. The molecule has 10 heteroatoms. The molecule has 1 aliphatic carbocycles. The molecule has 0 bridgehead atoms. The van der Waals surface area contributed by atoms with E-state index in [2.05, 4.69) is 15.1 Å². The number of halogens is 4. The maximum absolute atomic E-state index is 14.7. The molecule has 0 unspecified atom stereocenters. The van der Waals surface area contributed by atoms with Crippen LogP contribution in [0.2, 0.25) is 0 Å². The van der Waals surface area contributed by atoms with Crippen LogP contribution < -0.4 is 0 Å². The highest BCUT2D eigenvalue weighted by atomic mass is 19.3. The summed E-state index contributed by atoms with van der Waals surface area (Å²) in [7, 11) is 0. The van der Waals surface area contributed by atoms with Gasteiger partial charge in [0, 0.05) is 30.1 Å². The number of aryl methyl sites for hydroxylation is 1. The molecule has 31 heavy (non-hydrogen) atoms. The normalized spacial score (nSPS) is 20.9. The maximum atomic E-state index is 14.7. The molecule has 1 amide bonds. The molecule has 3 aromatic rings. The Kier molecular flexibility index (Phi) is 4.49. The molecule has 2 fully saturated rings. The van der Waals surface area contributed by atoms with E-state index in [1.54, 1.807) is 13.0 Å². The van der Waals surface area contributed by atoms with E-state index < -0.39 is 42.3 Å². The minimum atomic E-state index is -3.15. The highest BCUT2D eigenvalue weighted by molar-refractivity contribution is 5.94. The summed E-state index contributed by atoms with van der Waals surface area (Å²) in [5.41, 5.74) is 1.09. The van der Waals surface area contributed by atoms with Crippen molar-refractivity contribution in [2.45, 2.75) is 43.9 Å². The molecule has 1 aliphatic heterocycles. The van der Waals surface area contributed by atoms with Crippen LogP contribution in [0.5, 0.6) is 0 Å². The zero-order chi connectivity index (χ0) is 21.9. The minimum absolute atomic E-state index is 0.00933. The van der Waals surface area contributed by atoms with Crippen molar-refractivity contribution < 1.29 is 22.4 Å². The van der Waals surface area contributed by atoms with E-state index in [1.165, 1.54) is 16.9 Å². The van der Waals surface area contributed by atoms with Gasteiger partial charge in [0.05, 0.1) is 12.2 Å². The van der Waals surface area contributed by atoms with Gasteiger partial charge in [-0.15, -0.1) is 0 Å². The number of carbonyl (C=O) groups excluding carboxylic acids is 1. The van der Waals surface area contributed by atoms with Gasteiger partial charge in [-0.3, -0.25) is 4.79 Å². The van der Waals surface area contributed by atoms with Crippen molar-refractivity contribution in [3.05, 3.63) is 58.7 Å². The van der Waals surface area contributed by atoms with Crippen molar-refractivity contribution in [1.82, 2.24) is 24.5 Å². The fraction of sp³-hybridized carbons (Fsp3) is 0.429. The van der Waals surface area contributed by atoms with Gasteiger partial charge in [0.2, 0.25) is 0 Å². The van der Waals surface area contributed by atoms with Crippen LogP contribution in [0.25, 0.3) is 5.78 Å². The monoisotopic (exact) mass is 433 g/mol. The SMILES string of the molecule is Cc1cc([C@@H]2CN(C(=O)c3cc(F)c(F)c(C4CC4)c3)CC(F)(F)C2)n2ncnc2n1. The van der Waals surface area contributed by atoms with Gasteiger partial charge in [-0.1, -0.05) is 0 Å². The predicted molar refractivity (Wildman–Crippen MR) is 102 cm³/mol. The zero-order valence-corrected chi connectivity index (χ0v) is 16.7. The molecule has 1 aromatic carbocycles. The van der Waals surface area contributed by atoms with Crippen LogP contribution in [0, 0.1) is 18.6 Å². The van der Waals surface area contributed by atoms with Crippen molar-refractivity contribution in [1.29, 1.82) is 0 Å². The molecule has 3 heterocycles. The standard InChI is InChI=1S/C21H19F4N5O/c1-11-4-17(30-20(28-11)26-10-27-30)14-7-21(24,25)9-29(8-14)19(31)13-5-15(12-2-3-12)18(23)16(22)6-13/h4-6,10,12,14H,2-3,7-9H2,1H3/t14-/m0/s1. The summed E-state index contributed by atoms with van der Waals surface area (Å²) >= 11 is 0. The first-order chi connectivity index (χ1) is 14.7. The van der Waals surface area contributed by atoms with Crippen LogP contribution in [0.1, 0.15) is 58.4 Å². The van der Waals surface area contributed by atoms with Gasteiger partial charge in [-0.25, -0.2) is 27.1 Å². The molecule has 0 spiro atoms. The third-order valence-electron chi connectivity index (χ3n) is 5.84. The molecule has 1 saturated carbocycles. The average molecular weight is 433 g/mol. The third kappa shape index (κ3) is 3.64. The Morgan fingerprint density at radius 1 is 1.16 bits per heavy atom. The smallest absolute Gasteiger partial charge is 0.266 e. The van der Waals surface area contributed by atoms with Crippen molar-refractivity contribution in [2.24, 2.45) is 0 Å². The Morgan fingerprint density at radius 2 is 1.94 bits per heavy atom. The lowest BCUT2D eigenvalue weighted by atomic mass is 9.91. The Morgan fingerprint density at radius 3 is 2.68 bits per heavy atom. The lowest BCUT2D eigenvalue weighted by Gasteiger charge is -2.37. The number of hydrogen-bond acceptors (Lipinski definition) is 4. The number of hydrogen-bond donors (Lipinski definition) is 0. The van der Waals surface area contributed by atoms with Gasteiger partial charge in [0.15, 0.2) is 11.6 Å². The van der Waals surface area contributed by atoms with Crippen molar-refractivity contribution >= 4 is 11.7 Å². The number of carbonyl (C=O) groups is 1. The average Bonchev–Trinajstić information content (AvgIpc) is 3.44. The Bertz CT molecular complexity index is 1190. The lowest BCUT2D eigenvalue weighted by molar-refractivity contribution is -0.0641. The first-order valence-corrected chi connectivity index (χ1v) is 10.1. The van der Waals surface area contributed by atoms with Gasteiger partial charge in [0.25, 0.3) is 17.6 Å². The summed E-state index contributed by atoms with van der Waals surface area (Å²) in [6.45, 7) is 0.929. The number of piperidine rings is 1. The molecule has 1 atom stereocenters. The molecule has 0 N–H and O–H groups in total. The summed E-state index contributed by atoms with van der Waals surface area (Å²) in [4.78, 5) is 22.3. The second kappa shape index (κ2) is 7.00. The van der Waals surface area contributed by atoms with E-state index in [9.17, 15) is 22.4 Å². The third-order valence-corrected chi connectivity index (χ3v) is 5.84. The summed E-state index contributed by atoms with van der Waals surface area (Å²) in [6, 6.07) is 3.74. The molecule has 5 rings (SSSR count). The van der Waals surface area contributed by atoms with Crippen LogP contribution in [0.3, 0.4) is 0 Å². The topological polar surface area (TPSA) is 63.4 Å². The fourth-order valence-electron chi connectivity index (χ4n) is 4.31. The van der Waals surface area contributed by atoms with E-state index in [-0.39, 0.29) is 29.4 Å². The number of nitrogens with zero attached hydrogens (tertiary/aromatic N) is 5. The van der Waals surface area contributed by atoms with Gasteiger partial charge in [-0.2, -0.15) is 10.1 Å². The largest absolute Gasteiger partial charge is 0.332 e. The minimum Gasteiger partial charge on any atom is -0.332 e. The summed E-state index contributed by atoms with van der Waals surface area (Å²) in [5, 5.41) is 4.07. The first kappa shape index (κ1) is 19.9. The number of benzene rings is 1. The predicted octanol–water partition coefficient (Wildman–Crippen LogP) is 3.85. The van der Waals surface area contributed by atoms with E-state index in [4.69, 9.17) is 0 Å². The Hall–Kier alpha value is -3.04. The number of rotatable bonds is 3. The highest BCUT2D eigenvalue weighted by Crippen LogP contribution is 2.42. The van der Waals surface area contributed by atoms with E-state index in [1.807, 2.05) is 0 Å². The molecular weight excluding hydrogens is 414 g/mol. The molecule has 1 saturated heterocycles. The summed E-state index contributed by atoms with van der Waals surface area (Å²) in [6.07, 6.45) is 2.25. The Balaban J connectivity index is 1.50. The molecule has 162 valence electrons. The molecule has 0 radical (unpaired) electrons. The van der Waals surface area contributed by atoms with Gasteiger partial charge in [-0.05, 0) is 49.4 Å². The Labute approximate surface area is 174 Å². The summed E-state index contributed by atoms with van der Waals surface area (Å²) < 4.78 is 58.9. The number of likely N-dealkylation sites (tertiary alicyclic amines) is 1.